The van der Waals surface area contributed by atoms with Crippen LogP contribution in [0, 0.1) is 0 Å². The van der Waals surface area contributed by atoms with Crippen LogP contribution >= 0.6 is 27.3 Å². The van der Waals surface area contributed by atoms with Gasteiger partial charge in [-0.15, -0.1) is 11.3 Å². The number of carboxylic acids is 1. The van der Waals surface area contributed by atoms with Gasteiger partial charge in [0, 0.05) is 25.7 Å². The third-order valence-corrected chi connectivity index (χ3v) is 3.55. The molecule has 0 aliphatic heterocycles. The van der Waals surface area contributed by atoms with Gasteiger partial charge in [0.15, 0.2) is 0 Å². The van der Waals surface area contributed by atoms with Gasteiger partial charge in [-0.1, -0.05) is 0 Å². The molecule has 1 aromatic rings. The second-order valence-electron chi connectivity index (χ2n) is 3.58. The maximum atomic E-state index is 11.6. The number of thiophene rings is 1. The summed E-state index contributed by atoms with van der Waals surface area (Å²) in [7, 11) is 1.54. The number of nitrogens with one attached hydrogen (secondary N) is 1. The van der Waals surface area contributed by atoms with Crippen molar-refractivity contribution in [3.8, 4) is 0 Å². The first-order chi connectivity index (χ1) is 8.88. The molecule has 0 saturated heterocycles. The number of aliphatic carboxylic acids is 1. The average Bonchev–Trinajstić information content (AvgIpc) is 2.72. The molecule has 3 amide bonds. The SMILES string of the molecule is CN(Cc1csc(Br)c1)C(=O)NC(=O)/C=C/C(=O)O. The molecule has 0 aliphatic carbocycles. The highest BCUT2D eigenvalue weighted by Gasteiger charge is 2.12. The molecular formula is C11H11BrN2O4S. The van der Waals surface area contributed by atoms with Gasteiger partial charge in [0.05, 0.1) is 3.79 Å². The Morgan fingerprint density at radius 3 is 2.68 bits per heavy atom. The lowest BCUT2D eigenvalue weighted by Gasteiger charge is -2.15. The van der Waals surface area contributed by atoms with Crippen LogP contribution in [0.5, 0.6) is 0 Å². The van der Waals surface area contributed by atoms with Gasteiger partial charge < -0.3 is 10.0 Å². The van der Waals surface area contributed by atoms with Crippen LogP contribution in [0.15, 0.2) is 27.4 Å². The normalized spacial score (nSPS) is 10.4. The van der Waals surface area contributed by atoms with E-state index < -0.39 is 17.9 Å². The topological polar surface area (TPSA) is 86.7 Å². The van der Waals surface area contributed by atoms with Crippen LogP contribution in [0.2, 0.25) is 0 Å². The number of carboxylic acid groups (broad SMARTS) is 1. The molecule has 0 fully saturated rings. The van der Waals surface area contributed by atoms with Crippen molar-refractivity contribution in [3.63, 3.8) is 0 Å². The first kappa shape index (κ1) is 15.4. The molecular weight excluding hydrogens is 336 g/mol. The summed E-state index contributed by atoms with van der Waals surface area (Å²) in [6.07, 6.45) is 1.45. The predicted octanol–water partition coefficient (Wildman–Crippen LogP) is 1.82. The van der Waals surface area contributed by atoms with Crippen molar-refractivity contribution in [1.82, 2.24) is 10.2 Å². The zero-order valence-corrected chi connectivity index (χ0v) is 12.3. The maximum absolute atomic E-state index is 11.6. The number of nitrogens with zero attached hydrogens (tertiary/aromatic N) is 1. The van der Waals surface area contributed by atoms with E-state index in [2.05, 4.69) is 21.2 Å². The molecule has 0 unspecified atom stereocenters. The highest BCUT2D eigenvalue weighted by Crippen LogP contribution is 2.21. The lowest BCUT2D eigenvalue weighted by atomic mass is 10.3. The fraction of sp³-hybridized carbons (Fsp3) is 0.182. The Hall–Kier alpha value is -1.67. The minimum atomic E-state index is -1.25. The van der Waals surface area contributed by atoms with E-state index in [-0.39, 0.29) is 0 Å². The van der Waals surface area contributed by atoms with Crippen molar-refractivity contribution < 1.29 is 19.5 Å². The van der Waals surface area contributed by atoms with Gasteiger partial charge in [-0.2, -0.15) is 0 Å². The smallest absolute Gasteiger partial charge is 0.328 e. The fourth-order valence-electron chi connectivity index (χ4n) is 1.16. The number of imide groups is 1. The van der Waals surface area contributed by atoms with E-state index in [0.717, 1.165) is 15.4 Å². The van der Waals surface area contributed by atoms with Crippen molar-refractivity contribution in [1.29, 1.82) is 0 Å². The second kappa shape index (κ2) is 7.05. The summed E-state index contributed by atoms with van der Waals surface area (Å²) in [6, 6.07) is 1.28. The van der Waals surface area contributed by atoms with Crippen molar-refractivity contribution in [3.05, 3.63) is 32.9 Å². The molecule has 0 aromatic carbocycles. The summed E-state index contributed by atoms with van der Waals surface area (Å²) in [6.45, 7) is 0.351. The number of carbonyl (C=O) groups excluding carboxylic acids is 2. The van der Waals surface area contributed by atoms with E-state index in [0.29, 0.717) is 12.6 Å². The maximum Gasteiger partial charge on any atom is 0.328 e. The van der Waals surface area contributed by atoms with E-state index >= 15 is 0 Å². The quantitative estimate of drug-likeness (QED) is 0.814. The van der Waals surface area contributed by atoms with Gasteiger partial charge in [-0.05, 0) is 32.9 Å². The summed E-state index contributed by atoms with van der Waals surface area (Å²) >= 11 is 4.81. The Balaban J connectivity index is 2.49. The standard InChI is InChI=1S/C11H11BrN2O4S/c1-14(5-7-4-8(12)19-6-7)11(18)13-9(15)2-3-10(16)17/h2-4,6H,5H2,1H3,(H,16,17)(H,13,15,18)/b3-2+. The molecule has 6 nitrogen and oxygen atoms in total. The third-order valence-electron chi connectivity index (χ3n) is 2.00. The zero-order chi connectivity index (χ0) is 14.4. The molecule has 0 atom stereocenters. The Bertz CT molecular complexity index is 527. The molecule has 0 spiro atoms. The van der Waals surface area contributed by atoms with Crippen molar-refractivity contribution in [2.45, 2.75) is 6.54 Å². The van der Waals surface area contributed by atoms with Crippen LogP contribution < -0.4 is 5.32 Å². The van der Waals surface area contributed by atoms with Crippen LogP contribution in [0.1, 0.15) is 5.56 Å². The number of urea groups is 1. The van der Waals surface area contributed by atoms with Crippen LogP contribution in [-0.2, 0) is 16.1 Å². The Kier molecular flexibility index (Phi) is 5.71. The molecule has 2 N–H and O–H groups in total. The van der Waals surface area contributed by atoms with Gasteiger partial charge in [0.1, 0.15) is 0 Å². The molecule has 8 heteroatoms. The fourth-order valence-corrected chi connectivity index (χ4v) is 2.36. The number of halogens is 1. The van der Waals surface area contributed by atoms with E-state index in [1.54, 1.807) is 0 Å². The number of carbonyl (C=O) groups is 3. The molecule has 102 valence electrons. The van der Waals surface area contributed by atoms with Gasteiger partial charge in [-0.3, -0.25) is 10.1 Å². The lowest BCUT2D eigenvalue weighted by Crippen LogP contribution is -2.39. The molecule has 1 rings (SSSR count). The van der Waals surface area contributed by atoms with Crippen molar-refractivity contribution in [2.75, 3.05) is 7.05 Å². The molecule has 0 aliphatic rings. The molecule has 1 aromatic heterocycles. The molecule has 0 radical (unpaired) electrons. The van der Waals surface area contributed by atoms with E-state index in [1.165, 1.54) is 23.3 Å². The first-order valence-corrected chi connectivity index (χ1v) is 6.75. The Morgan fingerprint density at radius 1 is 1.47 bits per heavy atom. The minimum absolute atomic E-state index is 0.351. The monoisotopic (exact) mass is 346 g/mol. The predicted molar refractivity (Wildman–Crippen MR) is 73.8 cm³/mol. The van der Waals surface area contributed by atoms with Crippen LogP contribution in [0.25, 0.3) is 0 Å². The highest BCUT2D eigenvalue weighted by molar-refractivity contribution is 9.11. The average molecular weight is 347 g/mol. The second-order valence-corrected chi connectivity index (χ2v) is 5.87. The highest BCUT2D eigenvalue weighted by atomic mass is 79.9. The summed E-state index contributed by atoms with van der Waals surface area (Å²) in [5.74, 6) is -2.02. The minimum Gasteiger partial charge on any atom is -0.478 e. The number of rotatable bonds is 4. The Labute approximate surface area is 121 Å². The molecule has 1 heterocycles. The van der Waals surface area contributed by atoms with E-state index in [1.807, 2.05) is 11.4 Å². The van der Waals surface area contributed by atoms with Crippen molar-refractivity contribution >= 4 is 45.2 Å². The molecule has 0 saturated carbocycles. The Morgan fingerprint density at radius 2 is 2.16 bits per heavy atom. The van der Waals surface area contributed by atoms with Crippen LogP contribution in [0.4, 0.5) is 4.79 Å². The molecule has 0 bridgehead atoms. The third kappa shape index (κ3) is 5.66. The number of hydrogen-bond acceptors (Lipinski definition) is 4. The number of amides is 3. The van der Waals surface area contributed by atoms with Crippen molar-refractivity contribution in [2.24, 2.45) is 0 Å². The largest absolute Gasteiger partial charge is 0.478 e. The van der Waals surface area contributed by atoms with Crippen LogP contribution in [-0.4, -0.2) is 35.0 Å². The summed E-state index contributed by atoms with van der Waals surface area (Å²) < 4.78 is 0.955. The molecule has 19 heavy (non-hydrogen) atoms. The lowest BCUT2D eigenvalue weighted by molar-refractivity contribution is -0.131. The van der Waals surface area contributed by atoms with E-state index in [9.17, 15) is 14.4 Å². The summed E-state index contributed by atoms with van der Waals surface area (Å²) in [5.41, 5.74) is 0.933. The van der Waals surface area contributed by atoms with Gasteiger partial charge in [0.2, 0.25) is 0 Å². The van der Waals surface area contributed by atoms with Crippen LogP contribution in [0.3, 0.4) is 0 Å². The van der Waals surface area contributed by atoms with Gasteiger partial charge in [-0.25, -0.2) is 9.59 Å². The summed E-state index contributed by atoms with van der Waals surface area (Å²) in [4.78, 5) is 34.3. The van der Waals surface area contributed by atoms with Gasteiger partial charge in [0.25, 0.3) is 5.91 Å². The summed E-state index contributed by atoms with van der Waals surface area (Å²) in [5, 5.41) is 12.3. The number of hydrogen-bond donors (Lipinski definition) is 2. The first-order valence-electron chi connectivity index (χ1n) is 5.08. The zero-order valence-electron chi connectivity index (χ0n) is 9.92. The van der Waals surface area contributed by atoms with Gasteiger partial charge >= 0.3 is 12.0 Å². The van der Waals surface area contributed by atoms with E-state index in [4.69, 9.17) is 5.11 Å².